The lowest BCUT2D eigenvalue weighted by molar-refractivity contribution is -0.139. The average Bonchev–Trinajstić information content (AvgIpc) is 4.29. The molecule has 2 saturated heterocycles. The molecular formula is C59H63N9O3. The number of benzene rings is 5. The van der Waals surface area contributed by atoms with Crippen molar-refractivity contribution in [3.05, 3.63) is 174 Å². The van der Waals surface area contributed by atoms with E-state index in [1.807, 2.05) is 64.7 Å². The van der Waals surface area contributed by atoms with Crippen molar-refractivity contribution in [2.24, 2.45) is 0 Å². The number of amides is 2. The van der Waals surface area contributed by atoms with Gasteiger partial charge in [-0.2, -0.15) is 0 Å². The molecule has 5 aromatic carbocycles. The summed E-state index contributed by atoms with van der Waals surface area (Å²) in [4.78, 5) is 54.8. The molecule has 2 N–H and O–H groups in total. The van der Waals surface area contributed by atoms with Crippen molar-refractivity contribution in [1.82, 2.24) is 44.1 Å². The van der Waals surface area contributed by atoms with Crippen LogP contribution in [0.3, 0.4) is 0 Å². The number of carbonyl (C=O) groups excluding carboxylic acids is 2. The molecule has 71 heavy (non-hydrogen) atoms. The van der Waals surface area contributed by atoms with Gasteiger partial charge in [-0.1, -0.05) is 131 Å². The predicted octanol–water partition coefficient (Wildman–Crippen LogP) is 11.5. The number of aromatic amines is 2. The molecule has 3 aliphatic rings. The first-order valence-corrected chi connectivity index (χ1v) is 25.7. The quantitative estimate of drug-likeness (QED) is 0.105. The van der Waals surface area contributed by atoms with Crippen LogP contribution in [0, 0.1) is 0 Å². The molecule has 0 saturated carbocycles. The van der Waals surface area contributed by atoms with Gasteiger partial charge in [0.2, 0.25) is 18.0 Å². The number of aromatic nitrogens is 5. The molecule has 362 valence electrons. The summed E-state index contributed by atoms with van der Waals surface area (Å²) in [5.74, 6) is 2.67. The Labute approximate surface area is 416 Å². The Morgan fingerprint density at radius 1 is 0.620 bits per heavy atom. The number of rotatable bonds is 15. The van der Waals surface area contributed by atoms with Gasteiger partial charge in [-0.25, -0.2) is 9.97 Å². The number of likely N-dealkylation sites (N-methyl/N-ethyl adjacent to an activating group) is 2. The molecule has 3 aliphatic heterocycles. The second-order valence-corrected chi connectivity index (χ2v) is 19.1. The van der Waals surface area contributed by atoms with E-state index in [9.17, 15) is 9.59 Å². The second kappa shape index (κ2) is 19.8. The van der Waals surface area contributed by atoms with Crippen molar-refractivity contribution in [3.63, 3.8) is 0 Å². The van der Waals surface area contributed by atoms with Crippen molar-refractivity contribution < 1.29 is 14.3 Å². The molecular weight excluding hydrogens is 883 g/mol. The summed E-state index contributed by atoms with van der Waals surface area (Å²) < 4.78 is 9.34. The van der Waals surface area contributed by atoms with Gasteiger partial charge in [-0.3, -0.25) is 19.4 Å². The van der Waals surface area contributed by atoms with Crippen molar-refractivity contribution >= 4 is 22.7 Å². The zero-order chi connectivity index (χ0) is 48.6. The van der Waals surface area contributed by atoms with Crippen LogP contribution in [0.5, 0.6) is 5.75 Å². The number of hydrogen-bond acceptors (Lipinski definition) is 7. The predicted molar refractivity (Wildman–Crippen MR) is 279 cm³/mol. The minimum atomic E-state index is -0.406. The minimum Gasteiger partial charge on any atom is -0.465 e. The van der Waals surface area contributed by atoms with Crippen LogP contribution in [-0.2, 0) is 9.59 Å². The lowest BCUT2D eigenvalue weighted by Gasteiger charge is -2.34. The van der Waals surface area contributed by atoms with E-state index >= 15 is 0 Å². The Morgan fingerprint density at radius 2 is 1.11 bits per heavy atom. The zero-order valence-electron chi connectivity index (χ0n) is 41.2. The van der Waals surface area contributed by atoms with Gasteiger partial charge in [0.15, 0.2) is 0 Å². The number of carbonyl (C=O) groups is 2. The van der Waals surface area contributed by atoms with Gasteiger partial charge < -0.3 is 29.1 Å². The molecule has 0 spiro atoms. The summed E-state index contributed by atoms with van der Waals surface area (Å²) in [6.45, 7) is 13.0. The van der Waals surface area contributed by atoms with Crippen molar-refractivity contribution in [2.45, 2.75) is 83.8 Å². The Kier molecular flexibility index (Phi) is 12.9. The first kappa shape index (κ1) is 46.1. The van der Waals surface area contributed by atoms with E-state index in [0.29, 0.717) is 13.1 Å². The number of nitrogens with zero attached hydrogens (tertiary/aromatic N) is 7. The molecule has 2 fully saturated rings. The second-order valence-electron chi connectivity index (χ2n) is 19.1. The molecule has 12 heteroatoms. The van der Waals surface area contributed by atoms with Crippen LogP contribution in [0.1, 0.15) is 112 Å². The fourth-order valence-corrected chi connectivity index (χ4v) is 11.6. The molecule has 12 nitrogen and oxygen atoms in total. The van der Waals surface area contributed by atoms with Gasteiger partial charge in [0.25, 0.3) is 0 Å². The van der Waals surface area contributed by atoms with Crippen LogP contribution < -0.4 is 4.74 Å². The third kappa shape index (κ3) is 8.52. The van der Waals surface area contributed by atoms with Gasteiger partial charge in [0, 0.05) is 40.7 Å². The van der Waals surface area contributed by atoms with E-state index in [1.165, 1.54) is 0 Å². The number of fused-ring (bicyclic) bond motifs is 5. The molecule has 2 amide bonds. The molecule has 0 bridgehead atoms. The van der Waals surface area contributed by atoms with Crippen LogP contribution in [0.4, 0.5) is 0 Å². The Morgan fingerprint density at radius 3 is 1.63 bits per heavy atom. The van der Waals surface area contributed by atoms with E-state index in [0.717, 1.165) is 131 Å². The minimum absolute atomic E-state index is 0.124. The zero-order valence-corrected chi connectivity index (χ0v) is 41.2. The summed E-state index contributed by atoms with van der Waals surface area (Å²) >= 11 is 0. The van der Waals surface area contributed by atoms with E-state index in [2.05, 4.69) is 143 Å². The number of H-pyrrole nitrogens is 2. The number of nitrogens with one attached hydrogen (secondary N) is 2. The molecule has 11 rings (SSSR count). The van der Waals surface area contributed by atoms with Gasteiger partial charge in [0.05, 0.1) is 47.1 Å². The van der Waals surface area contributed by atoms with E-state index in [1.54, 1.807) is 0 Å². The summed E-state index contributed by atoms with van der Waals surface area (Å²) in [6, 6.07) is 45.0. The molecule has 0 unspecified atom stereocenters. The van der Waals surface area contributed by atoms with E-state index < -0.39 is 6.23 Å². The van der Waals surface area contributed by atoms with Crippen molar-refractivity contribution in [1.29, 1.82) is 0 Å². The highest BCUT2D eigenvalue weighted by Gasteiger charge is 2.40. The third-order valence-corrected chi connectivity index (χ3v) is 15.2. The van der Waals surface area contributed by atoms with Gasteiger partial charge >= 0.3 is 0 Å². The summed E-state index contributed by atoms with van der Waals surface area (Å²) in [5.41, 5.74) is 10.00. The topological polar surface area (TPSA) is 119 Å². The smallest absolute Gasteiger partial charge is 0.245 e. The maximum Gasteiger partial charge on any atom is 0.245 e. The van der Waals surface area contributed by atoms with E-state index in [-0.39, 0.29) is 36.0 Å². The third-order valence-electron chi connectivity index (χ3n) is 15.2. The average molecular weight is 946 g/mol. The first-order chi connectivity index (χ1) is 34.9. The summed E-state index contributed by atoms with van der Waals surface area (Å²) in [5, 5.41) is 1.09. The maximum atomic E-state index is 14.5. The van der Waals surface area contributed by atoms with E-state index in [4.69, 9.17) is 14.7 Å². The summed E-state index contributed by atoms with van der Waals surface area (Å²) in [6.07, 6.45) is 6.97. The SMILES string of the molecule is CCN(CC)[C@@H](C(=O)N1CCC[C@H]1c1ncc(-c2ccc3c(c2)O[C@@H](c2ccccc2)n2c-3cc3cc(-c4cnc([C@@H]5CCCN5C(=O)[C@@H](c5ccccc5)N(CC)CC)[nH]4)ccc32)[nH]1)c1ccccc1. The molecule has 5 atom stereocenters. The number of hydrogen-bond donors (Lipinski definition) is 2. The molecule has 0 radical (unpaired) electrons. The molecule has 0 aliphatic carbocycles. The lowest BCUT2D eigenvalue weighted by Crippen LogP contribution is -2.43. The highest BCUT2D eigenvalue weighted by atomic mass is 16.5. The Bertz CT molecular complexity index is 3140. The van der Waals surface area contributed by atoms with Gasteiger partial charge in [-0.15, -0.1) is 0 Å². The molecule has 6 heterocycles. The van der Waals surface area contributed by atoms with Crippen LogP contribution in [-0.4, -0.2) is 95.2 Å². The van der Waals surface area contributed by atoms with Crippen LogP contribution in [0.25, 0.3) is 44.7 Å². The fourth-order valence-electron chi connectivity index (χ4n) is 11.6. The van der Waals surface area contributed by atoms with Crippen molar-refractivity contribution in [3.8, 4) is 39.5 Å². The number of likely N-dealkylation sites (tertiary alicyclic amines) is 2. The number of imidazole rings is 2. The lowest BCUT2D eigenvalue weighted by atomic mass is 10.0. The van der Waals surface area contributed by atoms with Crippen LogP contribution >= 0.6 is 0 Å². The van der Waals surface area contributed by atoms with Crippen molar-refractivity contribution in [2.75, 3.05) is 39.3 Å². The standard InChI is InChI=1S/C59H63N9O3/c1-5-64(6-2)53(39-20-12-9-13-21-39)57(69)66-32-18-26-49(66)55-60-37-46(62-55)42-29-31-48-44(34-42)35-51-45-30-28-43(36-52(45)71-59(68(48)51)41-24-16-11-17-25-41)47-38-61-56(63-47)50-27-19-33-67(50)58(70)54(65(7-3)8-4)40-22-14-10-15-23-40/h9-17,20-25,28-31,34-38,49-50,53-54,59H,5-8,18-19,26-27,32-33H2,1-4H3,(H,60,62)(H,61,63)/t49-,50-,53+,54+,59-/m0/s1. The maximum absolute atomic E-state index is 14.5. The van der Waals surface area contributed by atoms with Crippen LogP contribution in [0.2, 0.25) is 0 Å². The van der Waals surface area contributed by atoms with Gasteiger partial charge in [-0.05, 0) is 93.3 Å². The fraction of sp³-hybridized carbons (Fsp3) is 0.322. The largest absolute Gasteiger partial charge is 0.465 e. The normalized spacial score (nSPS) is 18.5. The highest BCUT2D eigenvalue weighted by Crippen LogP contribution is 2.46. The highest BCUT2D eigenvalue weighted by molar-refractivity contribution is 5.92. The first-order valence-electron chi connectivity index (χ1n) is 25.7. The van der Waals surface area contributed by atoms with Gasteiger partial charge in [0.1, 0.15) is 29.5 Å². The number of ether oxygens (including phenoxy) is 1. The monoisotopic (exact) mass is 946 g/mol. The Hall–Kier alpha value is -7.28. The van der Waals surface area contributed by atoms with Crippen LogP contribution in [0.15, 0.2) is 146 Å². The molecule has 8 aromatic rings. The summed E-state index contributed by atoms with van der Waals surface area (Å²) in [7, 11) is 0. The molecule has 3 aromatic heterocycles. The Balaban J connectivity index is 0.880.